The number of rotatable bonds is 4. The number of Topliss-reactive ketones (excluding diaryl/α,β-unsaturated/α-hetero) is 1. The van der Waals surface area contributed by atoms with Crippen molar-refractivity contribution in [2.45, 2.75) is 24.8 Å². The second-order valence-corrected chi connectivity index (χ2v) is 9.29. The summed E-state index contributed by atoms with van der Waals surface area (Å²) in [6.45, 7) is 0. The second-order valence-electron chi connectivity index (χ2n) is 8.88. The van der Waals surface area contributed by atoms with Gasteiger partial charge in [0.1, 0.15) is 0 Å². The number of fused-ring (bicyclic) bond motifs is 3. The molecule has 0 saturated heterocycles. The van der Waals surface area contributed by atoms with E-state index in [9.17, 15) is 4.79 Å². The van der Waals surface area contributed by atoms with Crippen molar-refractivity contribution >= 4 is 34.4 Å². The Labute approximate surface area is 208 Å². The molecule has 0 fully saturated rings. The molecule has 0 saturated carbocycles. The van der Waals surface area contributed by atoms with Gasteiger partial charge in [0, 0.05) is 22.7 Å². The number of imidazole rings is 1. The molecule has 0 bridgehead atoms. The Morgan fingerprint density at radius 2 is 1.74 bits per heavy atom. The zero-order chi connectivity index (χ0) is 24.1. The standard InChI is InChI=1S/C28H24ClN3O3/c1-34-24-12-11-16(15-25(24)35-2)17-13-21-26(23(33)14-17)27(18-7-3-4-8-19(18)29)32-22-10-6-5-9-20(22)30-28(32)31-21/h3-12,15,17,27H,13-14H2,1-2H3,(H,30,31)/t17-,27-/m1/s1. The summed E-state index contributed by atoms with van der Waals surface area (Å²) >= 11 is 6.69. The molecule has 2 atom stereocenters. The third-order valence-corrected chi connectivity index (χ3v) is 7.32. The van der Waals surface area contributed by atoms with Crippen molar-refractivity contribution in [2.75, 3.05) is 19.5 Å². The number of hydrogen-bond acceptors (Lipinski definition) is 5. The normalized spacial score (nSPS) is 19.2. The first-order valence-electron chi connectivity index (χ1n) is 11.6. The van der Waals surface area contributed by atoms with E-state index in [2.05, 4.69) is 9.88 Å². The zero-order valence-electron chi connectivity index (χ0n) is 19.4. The molecule has 6 rings (SSSR count). The molecule has 0 unspecified atom stereocenters. The van der Waals surface area contributed by atoms with Gasteiger partial charge in [-0.2, -0.15) is 0 Å². The van der Waals surface area contributed by atoms with Crippen molar-refractivity contribution in [3.8, 4) is 11.5 Å². The molecule has 0 amide bonds. The monoisotopic (exact) mass is 485 g/mol. The topological polar surface area (TPSA) is 65.4 Å². The number of halogens is 1. The molecule has 2 aliphatic rings. The summed E-state index contributed by atoms with van der Waals surface area (Å²) in [5, 5.41) is 4.13. The molecule has 0 spiro atoms. The smallest absolute Gasteiger partial charge is 0.209 e. The lowest BCUT2D eigenvalue weighted by Crippen LogP contribution is -2.33. The summed E-state index contributed by atoms with van der Waals surface area (Å²) in [6, 6.07) is 21.2. The summed E-state index contributed by atoms with van der Waals surface area (Å²) in [5.74, 6) is 2.16. The zero-order valence-corrected chi connectivity index (χ0v) is 20.2. The Bertz CT molecular complexity index is 1510. The van der Waals surface area contributed by atoms with Gasteiger partial charge in [0.25, 0.3) is 0 Å². The van der Waals surface area contributed by atoms with Gasteiger partial charge < -0.3 is 14.8 Å². The summed E-state index contributed by atoms with van der Waals surface area (Å²) < 4.78 is 13.0. The average molecular weight is 486 g/mol. The van der Waals surface area contributed by atoms with Crippen molar-refractivity contribution in [2.24, 2.45) is 0 Å². The predicted molar refractivity (Wildman–Crippen MR) is 137 cm³/mol. The highest BCUT2D eigenvalue weighted by Gasteiger charge is 2.40. The number of carbonyl (C=O) groups excluding carboxylic acids is 1. The van der Waals surface area contributed by atoms with E-state index in [0.29, 0.717) is 29.4 Å². The molecular formula is C28H24ClN3O3. The quantitative estimate of drug-likeness (QED) is 0.377. The molecule has 1 N–H and O–H groups in total. The van der Waals surface area contributed by atoms with E-state index in [4.69, 9.17) is 26.1 Å². The van der Waals surface area contributed by atoms with Crippen LogP contribution in [-0.4, -0.2) is 29.6 Å². The molecule has 0 radical (unpaired) electrons. The van der Waals surface area contributed by atoms with Crippen LogP contribution in [0.1, 0.15) is 35.9 Å². The maximum atomic E-state index is 13.8. The Morgan fingerprint density at radius 3 is 2.54 bits per heavy atom. The highest BCUT2D eigenvalue weighted by molar-refractivity contribution is 6.31. The van der Waals surface area contributed by atoms with E-state index in [-0.39, 0.29) is 17.7 Å². The van der Waals surface area contributed by atoms with Crippen LogP contribution in [0.5, 0.6) is 11.5 Å². The van der Waals surface area contributed by atoms with Gasteiger partial charge in [-0.05, 0) is 53.8 Å². The number of methoxy groups -OCH3 is 2. The molecule has 3 aromatic carbocycles. The van der Waals surface area contributed by atoms with Crippen LogP contribution >= 0.6 is 11.6 Å². The summed E-state index contributed by atoms with van der Waals surface area (Å²) in [6.07, 6.45) is 1.08. The maximum Gasteiger partial charge on any atom is 0.209 e. The Morgan fingerprint density at radius 1 is 0.971 bits per heavy atom. The van der Waals surface area contributed by atoms with Gasteiger partial charge in [-0.15, -0.1) is 0 Å². The molecule has 1 aliphatic heterocycles. The molecule has 4 aromatic rings. The summed E-state index contributed by atoms with van der Waals surface area (Å²) in [5.41, 5.74) is 5.42. The molecule has 6 nitrogen and oxygen atoms in total. The Kier molecular flexibility index (Phi) is 5.26. The first-order chi connectivity index (χ1) is 17.1. The van der Waals surface area contributed by atoms with E-state index in [1.807, 2.05) is 66.7 Å². The van der Waals surface area contributed by atoms with Crippen molar-refractivity contribution in [1.82, 2.24) is 9.55 Å². The fourth-order valence-corrected chi connectivity index (χ4v) is 5.60. The Hall–Kier alpha value is -3.77. The fourth-order valence-electron chi connectivity index (χ4n) is 5.36. The molecule has 1 aliphatic carbocycles. The molecular weight excluding hydrogens is 462 g/mol. The number of nitrogens with one attached hydrogen (secondary N) is 1. The number of nitrogens with zero attached hydrogens (tertiary/aromatic N) is 2. The van der Waals surface area contributed by atoms with Gasteiger partial charge in [0.2, 0.25) is 5.95 Å². The van der Waals surface area contributed by atoms with Crippen LogP contribution in [0.15, 0.2) is 78.0 Å². The van der Waals surface area contributed by atoms with E-state index in [1.165, 1.54) is 0 Å². The van der Waals surface area contributed by atoms with Crippen molar-refractivity contribution in [3.63, 3.8) is 0 Å². The van der Waals surface area contributed by atoms with Gasteiger partial charge in [-0.25, -0.2) is 4.98 Å². The third-order valence-electron chi connectivity index (χ3n) is 6.98. The van der Waals surface area contributed by atoms with E-state index < -0.39 is 0 Å². The highest BCUT2D eigenvalue weighted by Crippen LogP contribution is 2.47. The minimum Gasteiger partial charge on any atom is -0.493 e. The number of anilines is 1. The van der Waals surface area contributed by atoms with Gasteiger partial charge in [0.15, 0.2) is 17.3 Å². The van der Waals surface area contributed by atoms with Crippen molar-refractivity contribution < 1.29 is 14.3 Å². The van der Waals surface area contributed by atoms with Crippen LogP contribution in [-0.2, 0) is 4.79 Å². The van der Waals surface area contributed by atoms with E-state index >= 15 is 0 Å². The molecule has 35 heavy (non-hydrogen) atoms. The minimum absolute atomic E-state index is 0.0105. The fraction of sp³-hybridized carbons (Fsp3) is 0.214. The van der Waals surface area contributed by atoms with Crippen LogP contribution in [0.4, 0.5) is 5.95 Å². The lowest BCUT2D eigenvalue weighted by molar-refractivity contribution is -0.116. The van der Waals surface area contributed by atoms with Gasteiger partial charge in [0.05, 0.1) is 31.3 Å². The van der Waals surface area contributed by atoms with Crippen LogP contribution < -0.4 is 14.8 Å². The number of para-hydroxylation sites is 2. The first-order valence-corrected chi connectivity index (χ1v) is 11.9. The predicted octanol–water partition coefficient (Wildman–Crippen LogP) is 6.12. The van der Waals surface area contributed by atoms with Crippen molar-refractivity contribution in [3.05, 3.63) is 94.1 Å². The number of allylic oxidation sites excluding steroid dienone is 2. The van der Waals surface area contributed by atoms with Crippen LogP contribution in [0.3, 0.4) is 0 Å². The SMILES string of the molecule is COc1ccc([C@H]2CC(=O)C3=C(C2)Nc2nc4ccccc4n2[C@@H]3c2ccccc2Cl)cc1OC. The molecule has 1 aromatic heterocycles. The molecule has 176 valence electrons. The van der Waals surface area contributed by atoms with Gasteiger partial charge >= 0.3 is 0 Å². The van der Waals surface area contributed by atoms with Crippen molar-refractivity contribution in [1.29, 1.82) is 0 Å². The van der Waals surface area contributed by atoms with Crippen LogP contribution in [0, 0.1) is 0 Å². The average Bonchev–Trinajstić information content (AvgIpc) is 3.25. The number of benzene rings is 3. The lowest BCUT2D eigenvalue weighted by atomic mass is 9.77. The number of ether oxygens (including phenoxy) is 2. The van der Waals surface area contributed by atoms with E-state index in [0.717, 1.165) is 39.4 Å². The number of aromatic nitrogens is 2. The van der Waals surface area contributed by atoms with Crippen LogP contribution in [0.2, 0.25) is 5.02 Å². The number of hydrogen-bond donors (Lipinski definition) is 1. The molecule has 7 heteroatoms. The second kappa shape index (κ2) is 8.47. The lowest BCUT2D eigenvalue weighted by Gasteiger charge is -2.36. The summed E-state index contributed by atoms with van der Waals surface area (Å²) in [7, 11) is 3.24. The minimum atomic E-state index is -0.346. The molecule has 2 heterocycles. The van der Waals surface area contributed by atoms with E-state index in [1.54, 1.807) is 14.2 Å². The maximum absolute atomic E-state index is 13.8. The Balaban J connectivity index is 1.49. The summed E-state index contributed by atoms with van der Waals surface area (Å²) in [4.78, 5) is 18.7. The number of ketones is 1. The van der Waals surface area contributed by atoms with Gasteiger partial charge in [-0.3, -0.25) is 9.36 Å². The van der Waals surface area contributed by atoms with Crippen LogP contribution in [0.25, 0.3) is 11.0 Å². The van der Waals surface area contributed by atoms with Gasteiger partial charge in [-0.1, -0.05) is 48.0 Å². The number of carbonyl (C=O) groups is 1. The third kappa shape index (κ3) is 3.48. The largest absolute Gasteiger partial charge is 0.493 e. The first kappa shape index (κ1) is 21.7. The highest BCUT2D eigenvalue weighted by atomic mass is 35.5.